The zero-order chi connectivity index (χ0) is 24.9. The number of carbonyl (C=O) groups excluding carboxylic acids is 1. The van der Waals surface area contributed by atoms with Crippen molar-refractivity contribution in [3.05, 3.63) is 71.6 Å². The molecule has 188 valence electrons. The highest BCUT2D eigenvalue weighted by Gasteiger charge is 2.26. The number of ether oxygens (including phenoxy) is 1. The number of thiazole rings is 1. The van der Waals surface area contributed by atoms with E-state index < -0.39 is 0 Å². The highest BCUT2D eigenvalue weighted by molar-refractivity contribution is 9.09. The second kappa shape index (κ2) is 11.7. The first-order valence-electron chi connectivity index (χ1n) is 12.1. The van der Waals surface area contributed by atoms with Crippen LogP contribution >= 0.6 is 39.2 Å². The summed E-state index contributed by atoms with van der Waals surface area (Å²) in [6.45, 7) is 2.86. The van der Waals surface area contributed by atoms with E-state index in [1.165, 1.54) is 0 Å². The summed E-state index contributed by atoms with van der Waals surface area (Å²) >= 11 is 6.96. The van der Waals surface area contributed by atoms with Gasteiger partial charge in [0, 0.05) is 53.3 Å². The van der Waals surface area contributed by atoms with Crippen LogP contribution in [-0.4, -0.2) is 59.2 Å². The molecule has 1 amide bonds. The van der Waals surface area contributed by atoms with Crippen molar-refractivity contribution >= 4 is 55.9 Å². The number of rotatable bonds is 7. The molecule has 5 rings (SSSR count). The fraction of sp³-hybridized carbons (Fsp3) is 0.333. The molecule has 1 aromatic heterocycles. The highest BCUT2D eigenvalue weighted by Crippen LogP contribution is 2.32. The molecule has 9 heteroatoms. The molecule has 1 aliphatic carbocycles. The average Bonchev–Trinajstić information content (AvgIpc) is 3.43. The van der Waals surface area contributed by atoms with E-state index in [-0.39, 0.29) is 5.91 Å². The van der Waals surface area contributed by atoms with Crippen molar-refractivity contribution < 1.29 is 9.53 Å². The molecule has 2 heterocycles. The van der Waals surface area contributed by atoms with Crippen molar-refractivity contribution in [3.8, 4) is 17.0 Å². The molecule has 2 atom stereocenters. The van der Waals surface area contributed by atoms with Gasteiger partial charge in [0.05, 0.1) is 24.1 Å². The summed E-state index contributed by atoms with van der Waals surface area (Å²) in [5.74, 6) is 0.779. The number of nitrogens with one attached hydrogen (secondary N) is 1. The van der Waals surface area contributed by atoms with Crippen LogP contribution in [0.2, 0.25) is 0 Å². The van der Waals surface area contributed by atoms with E-state index >= 15 is 0 Å². The van der Waals surface area contributed by atoms with Crippen LogP contribution < -0.4 is 14.4 Å². The number of hydrogen-bond donors (Lipinski definition) is 1. The van der Waals surface area contributed by atoms with Gasteiger partial charge in [-0.15, -0.1) is 11.3 Å². The first-order valence-corrected chi connectivity index (χ1v) is 14.8. The van der Waals surface area contributed by atoms with Gasteiger partial charge < -0.3 is 19.3 Å². The molecular formula is C27H29BrN4O2S2. The molecule has 1 saturated heterocycles. The number of alkyl halides is 1. The lowest BCUT2D eigenvalue weighted by molar-refractivity contribution is 0.0748. The molecule has 0 bridgehead atoms. The van der Waals surface area contributed by atoms with Gasteiger partial charge in [0.2, 0.25) is 0 Å². The van der Waals surface area contributed by atoms with Crippen LogP contribution in [0.25, 0.3) is 11.3 Å². The van der Waals surface area contributed by atoms with Crippen molar-refractivity contribution in [2.24, 2.45) is 0 Å². The number of halogens is 1. The number of allylic oxidation sites excluding steroid dienone is 1. The summed E-state index contributed by atoms with van der Waals surface area (Å²) in [5, 5.41) is 3.49. The van der Waals surface area contributed by atoms with E-state index in [9.17, 15) is 4.79 Å². The van der Waals surface area contributed by atoms with Crippen LogP contribution in [0, 0.1) is 0 Å². The number of nitrogens with zero attached hydrogens (tertiary/aromatic N) is 3. The Morgan fingerprint density at radius 1 is 1.11 bits per heavy atom. The lowest BCUT2D eigenvalue weighted by atomic mass is 10.1. The Morgan fingerprint density at radius 3 is 2.64 bits per heavy atom. The van der Waals surface area contributed by atoms with E-state index in [1.54, 1.807) is 30.4 Å². The second-order valence-electron chi connectivity index (χ2n) is 8.81. The molecule has 36 heavy (non-hydrogen) atoms. The van der Waals surface area contributed by atoms with Gasteiger partial charge in [-0.3, -0.25) is 4.79 Å². The second-order valence-corrected chi connectivity index (χ2v) is 11.9. The quantitative estimate of drug-likeness (QED) is 0.199. The largest absolute Gasteiger partial charge is 0.497 e. The predicted molar refractivity (Wildman–Crippen MR) is 155 cm³/mol. The van der Waals surface area contributed by atoms with Crippen LogP contribution in [-0.2, 0) is 0 Å². The normalized spacial score (nSPS) is 19.8. The number of benzene rings is 2. The van der Waals surface area contributed by atoms with E-state index in [4.69, 9.17) is 9.72 Å². The number of methoxy groups -OCH3 is 1. The van der Waals surface area contributed by atoms with Crippen molar-refractivity contribution in [1.29, 1.82) is 0 Å². The molecular weight excluding hydrogens is 556 g/mol. The van der Waals surface area contributed by atoms with E-state index in [0.29, 0.717) is 28.7 Å². The Morgan fingerprint density at radius 2 is 1.92 bits per heavy atom. The van der Waals surface area contributed by atoms with Crippen molar-refractivity contribution in [2.75, 3.05) is 42.9 Å². The minimum absolute atomic E-state index is 0.0456. The van der Waals surface area contributed by atoms with Crippen molar-refractivity contribution in [1.82, 2.24) is 9.88 Å². The Hall–Kier alpha value is -2.49. The van der Waals surface area contributed by atoms with Crippen LogP contribution in [0.3, 0.4) is 0 Å². The number of anilines is 2. The summed E-state index contributed by atoms with van der Waals surface area (Å²) in [7, 11) is 1.65. The number of carbonyl (C=O) groups is 1. The Labute approximate surface area is 229 Å². The van der Waals surface area contributed by atoms with Gasteiger partial charge in [0.25, 0.3) is 5.91 Å². The Balaban J connectivity index is 1.23. The zero-order valence-electron chi connectivity index (χ0n) is 20.1. The maximum atomic E-state index is 13.5. The fourth-order valence-electron chi connectivity index (χ4n) is 4.34. The fourth-order valence-corrected chi connectivity index (χ4v) is 6.54. The first-order chi connectivity index (χ1) is 17.6. The summed E-state index contributed by atoms with van der Waals surface area (Å²) in [6.07, 6.45) is 6.62. The third kappa shape index (κ3) is 5.90. The first kappa shape index (κ1) is 25.2. The molecule has 6 nitrogen and oxygen atoms in total. The minimum Gasteiger partial charge on any atom is -0.497 e. The average molecular weight is 586 g/mol. The SMILES string of the molecule is COc1ccc(C(=O)N2CCN(c3nc(-c4ccccc4)cs3)CC2)c(NSC2C=CC(Br)CC2)c1. The molecule has 1 fully saturated rings. The van der Waals surface area contributed by atoms with Crippen LogP contribution in [0.15, 0.2) is 66.1 Å². The number of piperazine rings is 1. The third-order valence-electron chi connectivity index (χ3n) is 6.44. The van der Waals surface area contributed by atoms with Gasteiger partial charge in [0.15, 0.2) is 5.13 Å². The van der Waals surface area contributed by atoms with E-state index in [1.807, 2.05) is 41.3 Å². The van der Waals surface area contributed by atoms with Gasteiger partial charge in [-0.25, -0.2) is 4.98 Å². The van der Waals surface area contributed by atoms with Crippen LogP contribution in [0.5, 0.6) is 5.75 Å². The monoisotopic (exact) mass is 584 g/mol. The van der Waals surface area contributed by atoms with E-state index in [0.717, 1.165) is 53.8 Å². The molecule has 0 spiro atoms. The van der Waals surface area contributed by atoms with E-state index in [2.05, 4.69) is 55.2 Å². The number of hydrogen-bond acceptors (Lipinski definition) is 7. The van der Waals surface area contributed by atoms with Gasteiger partial charge in [0.1, 0.15) is 5.75 Å². The zero-order valence-corrected chi connectivity index (χ0v) is 23.3. The molecule has 2 aromatic carbocycles. The van der Waals surface area contributed by atoms with Crippen LogP contribution in [0.4, 0.5) is 10.8 Å². The highest BCUT2D eigenvalue weighted by atomic mass is 79.9. The Bertz CT molecular complexity index is 1210. The molecule has 0 radical (unpaired) electrons. The topological polar surface area (TPSA) is 57.7 Å². The van der Waals surface area contributed by atoms with Gasteiger partial charge in [-0.1, -0.05) is 58.4 Å². The molecule has 0 saturated carbocycles. The summed E-state index contributed by atoms with van der Waals surface area (Å²) < 4.78 is 8.88. The predicted octanol–water partition coefficient (Wildman–Crippen LogP) is 6.32. The molecule has 1 N–H and O–H groups in total. The van der Waals surface area contributed by atoms with Crippen LogP contribution in [0.1, 0.15) is 23.2 Å². The standard InChI is InChI=1S/C27H29BrN4O2S2/c1-34-21-9-12-23(24(17-21)30-36-22-10-7-20(28)8-11-22)26(33)31-13-15-32(16-14-31)27-29-25(18-35-27)19-5-3-2-4-6-19/h2-7,9-10,12,17-18,20,22,30H,8,11,13-16H2,1H3. The number of aromatic nitrogens is 1. The van der Waals surface area contributed by atoms with Crippen molar-refractivity contribution in [2.45, 2.75) is 22.9 Å². The van der Waals surface area contributed by atoms with Gasteiger partial charge >= 0.3 is 0 Å². The lowest BCUT2D eigenvalue weighted by Crippen LogP contribution is -2.48. The minimum atomic E-state index is 0.0456. The molecule has 2 aliphatic rings. The Kier molecular flexibility index (Phi) is 8.19. The third-order valence-corrected chi connectivity index (χ3v) is 9.14. The molecule has 2 unspecified atom stereocenters. The van der Waals surface area contributed by atoms with Gasteiger partial charge in [-0.05, 0) is 36.9 Å². The number of amides is 1. The van der Waals surface area contributed by atoms with Gasteiger partial charge in [-0.2, -0.15) is 0 Å². The maximum absolute atomic E-state index is 13.5. The molecule has 3 aromatic rings. The summed E-state index contributed by atoms with van der Waals surface area (Å²) in [5.41, 5.74) is 3.60. The smallest absolute Gasteiger partial charge is 0.256 e. The maximum Gasteiger partial charge on any atom is 0.256 e. The van der Waals surface area contributed by atoms with Crippen molar-refractivity contribution in [3.63, 3.8) is 0 Å². The molecule has 1 aliphatic heterocycles. The summed E-state index contributed by atoms with van der Waals surface area (Å²) in [4.78, 5) is 23.0. The summed E-state index contributed by atoms with van der Waals surface area (Å²) in [6, 6.07) is 15.9. The lowest BCUT2D eigenvalue weighted by Gasteiger charge is -2.35.